The topological polar surface area (TPSA) is 33.3 Å². The van der Waals surface area contributed by atoms with Crippen LogP contribution in [0.15, 0.2) is 85.5 Å². The molecule has 178 valence electrons. The summed E-state index contributed by atoms with van der Waals surface area (Å²) in [5.41, 5.74) is 5.66. The highest BCUT2D eigenvalue weighted by atomic mass is 16.5. The van der Waals surface area contributed by atoms with Gasteiger partial charge >= 0.3 is 0 Å². The number of anilines is 2. The third-order valence-corrected chi connectivity index (χ3v) is 6.88. The Morgan fingerprint density at radius 1 is 0.886 bits per heavy atom. The maximum atomic E-state index is 6.45. The van der Waals surface area contributed by atoms with Gasteiger partial charge in [0.15, 0.2) is 0 Å². The summed E-state index contributed by atoms with van der Waals surface area (Å²) in [5.74, 6) is 1.60. The Labute approximate surface area is 207 Å². The molecule has 0 spiro atoms. The summed E-state index contributed by atoms with van der Waals surface area (Å²) in [6.45, 7) is 11.2. The molecule has 0 saturated carbocycles. The van der Waals surface area contributed by atoms with Crippen molar-refractivity contribution < 1.29 is 9.31 Å². The molecule has 0 fully saturated rings. The number of hydrogen-bond acceptors (Lipinski definition) is 3. The minimum atomic E-state index is -0.0954. The fourth-order valence-corrected chi connectivity index (χ4v) is 4.45. The molecular weight excluding hydrogens is 432 g/mol. The molecular formula is C30H33N4O+. The molecule has 0 unspecified atom stereocenters. The van der Waals surface area contributed by atoms with Gasteiger partial charge in [-0.3, -0.25) is 4.58 Å². The number of imidazole rings is 1. The molecule has 1 aliphatic heterocycles. The summed E-state index contributed by atoms with van der Waals surface area (Å²) < 4.78 is 10.7. The molecule has 5 rings (SSSR count). The van der Waals surface area contributed by atoms with Gasteiger partial charge in [-0.25, -0.2) is 4.98 Å². The van der Waals surface area contributed by atoms with Crippen molar-refractivity contribution in [2.24, 2.45) is 0 Å². The maximum absolute atomic E-state index is 6.45. The van der Waals surface area contributed by atoms with Crippen molar-refractivity contribution in [1.82, 2.24) is 9.55 Å². The predicted octanol–water partition coefficient (Wildman–Crippen LogP) is 7.02. The van der Waals surface area contributed by atoms with E-state index in [4.69, 9.17) is 4.74 Å². The SMILES string of the molecule is C[N+]1=CN(c2cc(Oc3cccc(-n4ccnc4)c3)cc(C(C)(C)C)c2)c2ccccc2C1(C)C. The van der Waals surface area contributed by atoms with E-state index in [0.29, 0.717) is 0 Å². The fraction of sp³-hybridized carbons (Fsp3) is 0.267. The first kappa shape index (κ1) is 22.9. The van der Waals surface area contributed by atoms with Gasteiger partial charge in [-0.15, -0.1) is 0 Å². The number of rotatable bonds is 4. The molecule has 0 radical (unpaired) electrons. The summed E-state index contributed by atoms with van der Waals surface area (Å²) in [7, 11) is 2.13. The Bertz CT molecular complexity index is 1390. The summed E-state index contributed by atoms with van der Waals surface area (Å²) in [6.07, 6.45) is 7.68. The van der Waals surface area contributed by atoms with Gasteiger partial charge < -0.3 is 9.30 Å². The first-order valence-corrected chi connectivity index (χ1v) is 12.0. The first-order valence-electron chi connectivity index (χ1n) is 12.0. The third kappa shape index (κ3) is 4.34. The van der Waals surface area contributed by atoms with Crippen LogP contribution in [0.3, 0.4) is 0 Å². The highest BCUT2D eigenvalue weighted by Crippen LogP contribution is 2.41. The van der Waals surface area contributed by atoms with E-state index in [1.807, 2.05) is 35.0 Å². The smallest absolute Gasteiger partial charge is 0.245 e. The molecule has 5 nitrogen and oxygen atoms in total. The standard InChI is InChI=1S/C30H33N4O/c1-29(2,3)22-16-24(34-21-32(6)30(4,5)27-12-7-8-13-28(27)34)19-26(17-22)35-25-11-9-10-23(18-25)33-15-14-31-20-33/h7-21H,1-6H3/q+1. The molecule has 4 aromatic rings. The van der Waals surface area contributed by atoms with Gasteiger partial charge in [0.05, 0.1) is 19.1 Å². The minimum absolute atomic E-state index is 0.0345. The lowest BCUT2D eigenvalue weighted by atomic mass is 9.86. The molecule has 0 N–H and O–H groups in total. The largest absolute Gasteiger partial charge is 0.457 e. The van der Waals surface area contributed by atoms with Crippen molar-refractivity contribution in [3.63, 3.8) is 0 Å². The lowest BCUT2D eigenvalue weighted by molar-refractivity contribution is -0.582. The molecule has 3 aromatic carbocycles. The molecule has 0 saturated heterocycles. The molecule has 35 heavy (non-hydrogen) atoms. The second-order valence-electron chi connectivity index (χ2n) is 10.7. The van der Waals surface area contributed by atoms with Crippen LogP contribution in [0.1, 0.15) is 45.7 Å². The van der Waals surface area contributed by atoms with Crippen LogP contribution < -0.4 is 9.64 Å². The van der Waals surface area contributed by atoms with E-state index in [9.17, 15) is 0 Å². The van der Waals surface area contributed by atoms with Gasteiger partial charge in [-0.05, 0) is 55.2 Å². The second kappa shape index (κ2) is 8.42. The van der Waals surface area contributed by atoms with Gasteiger partial charge in [0.1, 0.15) is 28.4 Å². The summed E-state index contributed by atoms with van der Waals surface area (Å²) in [5, 5.41) is 0. The summed E-state index contributed by atoms with van der Waals surface area (Å²) >= 11 is 0. The van der Waals surface area contributed by atoms with Crippen molar-refractivity contribution >= 4 is 17.7 Å². The van der Waals surface area contributed by atoms with Crippen LogP contribution in [-0.4, -0.2) is 27.5 Å². The fourth-order valence-electron chi connectivity index (χ4n) is 4.45. The quantitative estimate of drug-likeness (QED) is 0.304. The Morgan fingerprint density at radius 3 is 2.40 bits per heavy atom. The predicted molar refractivity (Wildman–Crippen MR) is 143 cm³/mol. The summed E-state index contributed by atoms with van der Waals surface area (Å²) in [4.78, 5) is 6.43. The minimum Gasteiger partial charge on any atom is -0.457 e. The Kier molecular flexibility index (Phi) is 5.51. The Morgan fingerprint density at radius 2 is 1.66 bits per heavy atom. The zero-order chi connectivity index (χ0) is 24.8. The van der Waals surface area contributed by atoms with E-state index in [-0.39, 0.29) is 11.0 Å². The van der Waals surface area contributed by atoms with E-state index in [1.54, 1.807) is 12.5 Å². The van der Waals surface area contributed by atoms with Crippen LogP contribution in [0.5, 0.6) is 11.5 Å². The number of hydrogen-bond donors (Lipinski definition) is 0. The number of fused-ring (bicyclic) bond motifs is 1. The van der Waals surface area contributed by atoms with Crippen molar-refractivity contribution in [2.75, 3.05) is 11.9 Å². The Balaban J connectivity index is 1.59. The lowest BCUT2D eigenvalue weighted by Crippen LogP contribution is -2.41. The summed E-state index contributed by atoms with van der Waals surface area (Å²) in [6, 6.07) is 23.3. The average Bonchev–Trinajstić information content (AvgIpc) is 3.36. The van der Waals surface area contributed by atoms with Crippen LogP contribution >= 0.6 is 0 Å². The van der Waals surface area contributed by atoms with Crippen LogP contribution in [-0.2, 0) is 11.0 Å². The molecule has 1 aliphatic rings. The second-order valence-corrected chi connectivity index (χ2v) is 10.7. The van der Waals surface area contributed by atoms with E-state index in [2.05, 4.69) is 105 Å². The van der Waals surface area contributed by atoms with Crippen LogP contribution in [0.2, 0.25) is 0 Å². The average molecular weight is 466 g/mol. The van der Waals surface area contributed by atoms with Crippen LogP contribution in [0.25, 0.3) is 5.69 Å². The zero-order valence-electron chi connectivity index (χ0n) is 21.4. The van der Waals surface area contributed by atoms with Gasteiger partial charge in [0.2, 0.25) is 6.34 Å². The van der Waals surface area contributed by atoms with Crippen LogP contribution in [0.4, 0.5) is 11.4 Å². The zero-order valence-corrected chi connectivity index (χ0v) is 21.4. The van der Waals surface area contributed by atoms with Crippen molar-refractivity contribution in [2.45, 2.75) is 45.6 Å². The lowest BCUT2D eigenvalue weighted by Gasteiger charge is -2.33. The van der Waals surface area contributed by atoms with Crippen LogP contribution in [0, 0.1) is 0 Å². The first-order chi connectivity index (χ1) is 16.6. The maximum Gasteiger partial charge on any atom is 0.245 e. The molecule has 2 heterocycles. The van der Waals surface area contributed by atoms with Crippen molar-refractivity contribution in [1.29, 1.82) is 0 Å². The van der Waals surface area contributed by atoms with Gasteiger partial charge in [0, 0.05) is 30.1 Å². The molecule has 0 atom stereocenters. The van der Waals surface area contributed by atoms with E-state index < -0.39 is 0 Å². The number of aromatic nitrogens is 2. The molecule has 0 bridgehead atoms. The van der Waals surface area contributed by atoms with Gasteiger partial charge in [-0.2, -0.15) is 4.90 Å². The number of benzene rings is 3. The monoisotopic (exact) mass is 465 g/mol. The number of nitrogens with zero attached hydrogens (tertiary/aromatic N) is 4. The van der Waals surface area contributed by atoms with E-state index in [0.717, 1.165) is 22.9 Å². The Hall–Kier alpha value is -3.86. The molecule has 1 aromatic heterocycles. The highest BCUT2D eigenvalue weighted by molar-refractivity contribution is 5.90. The molecule has 0 amide bonds. The number of para-hydroxylation sites is 1. The molecule has 5 heteroatoms. The van der Waals surface area contributed by atoms with Gasteiger partial charge in [0.25, 0.3) is 0 Å². The van der Waals surface area contributed by atoms with Crippen molar-refractivity contribution in [3.8, 4) is 17.2 Å². The van der Waals surface area contributed by atoms with E-state index in [1.165, 1.54) is 16.8 Å². The third-order valence-electron chi connectivity index (χ3n) is 6.88. The number of ether oxygens (including phenoxy) is 1. The van der Waals surface area contributed by atoms with E-state index >= 15 is 0 Å². The highest BCUT2D eigenvalue weighted by Gasteiger charge is 2.38. The molecule has 0 aliphatic carbocycles. The van der Waals surface area contributed by atoms with Gasteiger partial charge in [-0.1, -0.05) is 45.0 Å². The van der Waals surface area contributed by atoms with Crippen molar-refractivity contribution in [3.05, 3.63) is 96.6 Å². The normalized spacial score (nSPS) is 14.9.